The lowest BCUT2D eigenvalue weighted by Crippen LogP contribution is -2.03. The third-order valence-electron chi connectivity index (χ3n) is 10.6. The van der Waals surface area contributed by atoms with E-state index < -0.39 is 0 Å². The fraction of sp³-hybridized carbons (Fsp3) is 0. The summed E-state index contributed by atoms with van der Waals surface area (Å²) in [4.78, 5) is 15.2. The van der Waals surface area contributed by atoms with Gasteiger partial charge in [-0.2, -0.15) is 0 Å². The normalized spacial score (nSPS) is 11.7. The van der Waals surface area contributed by atoms with Crippen LogP contribution in [0.2, 0.25) is 0 Å². The van der Waals surface area contributed by atoms with Gasteiger partial charge in [0.05, 0.1) is 33.3 Å². The maximum atomic E-state index is 5.12. The van der Waals surface area contributed by atoms with Crippen LogP contribution in [0.25, 0.3) is 99.8 Å². The average molecular weight is 690 g/mol. The maximum absolute atomic E-state index is 5.12. The lowest BCUT2D eigenvalue weighted by Gasteiger charge is -2.19. The zero-order valence-corrected chi connectivity index (χ0v) is 29.1. The van der Waals surface area contributed by atoms with Gasteiger partial charge in [0.25, 0.3) is 0 Å². The number of rotatable bonds is 4. The van der Waals surface area contributed by atoms with E-state index in [9.17, 15) is 0 Å². The first-order valence-corrected chi connectivity index (χ1v) is 18.2. The van der Waals surface area contributed by atoms with Gasteiger partial charge in [-0.25, -0.2) is 15.0 Å². The van der Waals surface area contributed by atoms with Gasteiger partial charge in [-0.3, -0.25) is 0 Å². The van der Waals surface area contributed by atoms with Crippen LogP contribution in [0, 0.1) is 0 Å². The van der Waals surface area contributed by atoms with Crippen LogP contribution in [0.1, 0.15) is 0 Å². The van der Waals surface area contributed by atoms with Gasteiger partial charge in [-0.15, -0.1) is 0 Å². The highest BCUT2D eigenvalue weighted by molar-refractivity contribution is 6.20. The molecule has 0 bridgehead atoms. The van der Waals surface area contributed by atoms with E-state index in [-0.39, 0.29) is 0 Å². The van der Waals surface area contributed by atoms with E-state index in [1.54, 1.807) is 0 Å². The summed E-state index contributed by atoms with van der Waals surface area (Å²) in [6.45, 7) is 0. The summed E-state index contributed by atoms with van der Waals surface area (Å²) >= 11 is 0. The molecule has 3 aromatic heterocycles. The number of hydrogen-bond donors (Lipinski definition) is 0. The van der Waals surface area contributed by atoms with Crippen molar-refractivity contribution >= 4 is 59.9 Å². The van der Waals surface area contributed by atoms with Crippen LogP contribution in [0.15, 0.2) is 188 Å². The van der Waals surface area contributed by atoms with Crippen LogP contribution in [0.4, 0.5) is 0 Å². The molecule has 0 unspecified atom stereocenters. The third-order valence-corrected chi connectivity index (χ3v) is 10.6. The third kappa shape index (κ3) is 4.62. The van der Waals surface area contributed by atoms with Crippen LogP contribution in [-0.4, -0.2) is 23.9 Å². The number of nitrogens with zero attached hydrogens (tertiary/aromatic N) is 5. The number of benzene rings is 8. The molecule has 11 rings (SSSR count). The molecule has 0 saturated heterocycles. The lowest BCUT2D eigenvalue weighted by molar-refractivity contribution is 1.08. The molecule has 0 aliphatic rings. The van der Waals surface area contributed by atoms with E-state index in [2.05, 4.69) is 136 Å². The summed E-state index contributed by atoms with van der Waals surface area (Å²) in [5, 5.41) is 7.02. The molecule has 0 aliphatic carbocycles. The SMILES string of the molecule is c1ccc(-c2nc(-c3ccccc3)nc(-c3ccc(-n4c5ccccc5c5cccc6c7ccccc7n(c7ccccc74)c56)c4ccccc34)n2)cc1. The second kappa shape index (κ2) is 12.1. The quantitative estimate of drug-likeness (QED) is 0.185. The fourth-order valence-electron chi connectivity index (χ4n) is 8.22. The van der Waals surface area contributed by atoms with Gasteiger partial charge >= 0.3 is 0 Å². The Kier molecular flexibility index (Phi) is 6.79. The minimum Gasteiger partial charge on any atom is -0.307 e. The van der Waals surface area contributed by atoms with Gasteiger partial charge in [-0.1, -0.05) is 152 Å². The van der Waals surface area contributed by atoms with Crippen LogP contribution in [-0.2, 0) is 0 Å². The Labute approximate surface area is 310 Å². The van der Waals surface area contributed by atoms with Crippen molar-refractivity contribution in [2.75, 3.05) is 0 Å². The fourth-order valence-corrected chi connectivity index (χ4v) is 8.22. The minimum absolute atomic E-state index is 0.633. The standard InChI is InChI=1S/C49H31N5/c1-3-16-32(17-4-1)47-50-48(33-18-5-2-6-19-33)52-49(51-47)40-30-31-43(35-21-8-7-20-34(35)40)53-41-26-11-9-22-36(41)38-24-15-25-39-37-23-10-12-27-42(37)54(46(38)39)45-29-14-13-28-44(45)53/h1-31H. The Morgan fingerprint density at radius 1 is 0.296 bits per heavy atom. The molecule has 5 heteroatoms. The molecule has 0 radical (unpaired) electrons. The van der Waals surface area contributed by atoms with Crippen molar-refractivity contribution in [1.29, 1.82) is 0 Å². The first-order valence-electron chi connectivity index (χ1n) is 18.2. The summed E-state index contributed by atoms with van der Waals surface area (Å²) in [6, 6.07) is 66.3. The number of para-hydroxylation sites is 5. The molecular weight excluding hydrogens is 659 g/mol. The highest BCUT2D eigenvalue weighted by Gasteiger charge is 2.19. The zero-order valence-electron chi connectivity index (χ0n) is 29.1. The largest absolute Gasteiger partial charge is 0.307 e. The van der Waals surface area contributed by atoms with E-state index >= 15 is 0 Å². The van der Waals surface area contributed by atoms with Gasteiger partial charge in [0.15, 0.2) is 17.5 Å². The Bertz CT molecular complexity index is 3210. The second-order valence-electron chi connectivity index (χ2n) is 13.6. The molecule has 0 saturated carbocycles. The number of hydrogen-bond acceptors (Lipinski definition) is 3. The minimum atomic E-state index is 0.633. The number of aromatic nitrogens is 5. The molecule has 0 fully saturated rings. The molecular formula is C49H31N5. The van der Waals surface area contributed by atoms with E-state index in [4.69, 9.17) is 15.0 Å². The summed E-state index contributed by atoms with van der Waals surface area (Å²) < 4.78 is 4.89. The number of fused-ring (bicyclic) bond motifs is 8. The van der Waals surface area contributed by atoms with Crippen molar-refractivity contribution in [3.63, 3.8) is 0 Å². The lowest BCUT2D eigenvalue weighted by atomic mass is 10.0. The molecule has 0 spiro atoms. The van der Waals surface area contributed by atoms with E-state index in [0.717, 1.165) is 49.7 Å². The first-order chi connectivity index (χ1) is 26.8. The average Bonchev–Trinajstić information content (AvgIpc) is 3.59. The van der Waals surface area contributed by atoms with Crippen LogP contribution in [0.5, 0.6) is 0 Å². The van der Waals surface area contributed by atoms with Crippen molar-refractivity contribution in [1.82, 2.24) is 23.9 Å². The van der Waals surface area contributed by atoms with Crippen LogP contribution >= 0.6 is 0 Å². The second-order valence-corrected chi connectivity index (χ2v) is 13.6. The van der Waals surface area contributed by atoms with Gasteiger partial charge in [0, 0.05) is 43.6 Å². The van der Waals surface area contributed by atoms with Gasteiger partial charge in [0.2, 0.25) is 0 Å². The predicted octanol–water partition coefficient (Wildman–Crippen LogP) is 12.2. The van der Waals surface area contributed by atoms with Crippen LogP contribution < -0.4 is 0 Å². The van der Waals surface area contributed by atoms with E-state index in [0.29, 0.717) is 17.5 Å². The summed E-state index contributed by atoms with van der Waals surface area (Å²) in [7, 11) is 0. The van der Waals surface area contributed by atoms with E-state index in [1.807, 2.05) is 60.7 Å². The Morgan fingerprint density at radius 3 is 1.41 bits per heavy atom. The highest BCUT2D eigenvalue weighted by atomic mass is 15.0. The van der Waals surface area contributed by atoms with Gasteiger partial charge < -0.3 is 8.97 Å². The van der Waals surface area contributed by atoms with Gasteiger partial charge in [0.1, 0.15) is 0 Å². The summed E-state index contributed by atoms with van der Waals surface area (Å²) in [6.07, 6.45) is 0. The van der Waals surface area contributed by atoms with Crippen LogP contribution in [0.3, 0.4) is 0 Å². The molecule has 252 valence electrons. The monoisotopic (exact) mass is 689 g/mol. The Morgan fingerprint density at radius 2 is 0.759 bits per heavy atom. The Hall–Kier alpha value is -7.37. The summed E-state index contributed by atoms with van der Waals surface area (Å²) in [5.74, 6) is 1.92. The van der Waals surface area contributed by atoms with Crippen molar-refractivity contribution in [2.24, 2.45) is 0 Å². The highest BCUT2D eigenvalue weighted by Crippen LogP contribution is 2.39. The molecule has 0 amide bonds. The molecule has 11 aromatic rings. The molecule has 0 aliphatic heterocycles. The van der Waals surface area contributed by atoms with Gasteiger partial charge in [-0.05, 0) is 41.8 Å². The van der Waals surface area contributed by atoms with E-state index in [1.165, 1.54) is 32.6 Å². The summed E-state index contributed by atoms with van der Waals surface area (Å²) in [5.41, 5.74) is 9.64. The van der Waals surface area contributed by atoms with Crippen molar-refractivity contribution in [3.05, 3.63) is 188 Å². The molecule has 0 N–H and O–H groups in total. The smallest absolute Gasteiger partial charge is 0.164 e. The zero-order chi connectivity index (χ0) is 35.6. The molecule has 54 heavy (non-hydrogen) atoms. The Balaban J connectivity index is 1.26. The first kappa shape index (κ1) is 30.3. The van der Waals surface area contributed by atoms with Crippen molar-refractivity contribution < 1.29 is 0 Å². The molecule has 5 nitrogen and oxygen atoms in total. The van der Waals surface area contributed by atoms with Crippen molar-refractivity contribution in [2.45, 2.75) is 0 Å². The molecule has 0 atom stereocenters. The maximum Gasteiger partial charge on any atom is 0.164 e. The molecule has 8 aromatic carbocycles. The van der Waals surface area contributed by atoms with Crippen molar-refractivity contribution in [3.8, 4) is 39.9 Å². The topological polar surface area (TPSA) is 48.0 Å². The molecule has 3 heterocycles. The predicted molar refractivity (Wildman–Crippen MR) is 223 cm³/mol.